The lowest BCUT2D eigenvalue weighted by atomic mass is 10.1. The molecule has 0 aliphatic heterocycles. The molecule has 0 unspecified atom stereocenters. The molecule has 96 valence electrons. The molecule has 0 aromatic heterocycles. The van der Waals surface area contributed by atoms with Gasteiger partial charge >= 0.3 is 0 Å². The van der Waals surface area contributed by atoms with Crippen LogP contribution in [0.25, 0.3) is 0 Å². The first-order chi connectivity index (χ1) is 9.11. The summed E-state index contributed by atoms with van der Waals surface area (Å²) < 4.78 is 0.825. The van der Waals surface area contributed by atoms with E-state index in [1.807, 2.05) is 18.2 Å². The number of hydrogen-bond acceptors (Lipinski definition) is 2. The predicted molar refractivity (Wildman–Crippen MR) is 82.6 cm³/mol. The molecule has 2 nitrogen and oxygen atoms in total. The number of hydrogen-bond donors (Lipinski definition) is 1. The lowest BCUT2D eigenvalue weighted by molar-refractivity contribution is 1.14. The Morgan fingerprint density at radius 2 is 1.79 bits per heavy atom. The molecule has 0 heterocycles. The summed E-state index contributed by atoms with van der Waals surface area (Å²) >= 11 is 15.6. The van der Waals surface area contributed by atoms with Gasteiger partial charge in [0, 0.05) is 11.0 Å². The van der Waals surface area contributed by atoms with E-state index in [9.17, 15) is 0 Å². The van der Waals surface area contributed by atoms with Crippen molar-refractivity contribution in [3.8, 4) is 6.07 Å². The molecular formula is C14H9BrCl2N2. The van der Waals surface area contributed by atoms with Gasteiger partial charge in [-0.1, -0.05) is 57.3 Å². The molecule has 2 rings (SSSR count). The van der Waals surface area contributed by atoms with Crippen LogP contribution in [0.3, 0.4) is 0 Å². The molecule has 0 aliphatic rings. The zero-order chi connectivity index (χ0) is 13.8. The summed E-state index contributed by atoms with van der Waals surface area (Å²) in [5.74, 6) is 0. The van der Waals surface area contributed by atoms with Crippen LogP contribution in [-0.4, -0.2) is 0 Å². The number of rotatable bonds is 3. The van der Waals surface area contributed by atoms with Crippen LogP contribution in [0, 0.1) is 11.3 Å². The van der Waals surface area contributed by atoms with E-state index in [4.69, 9.17) is 28.5 Å². The molecule has 0 aliphatic carbocycles. The average molecular weight is 356 g/mol. The van der Waals surface area contributed by atoms with Crippen molar-refractivity contribution in [3.63, 3.8) is 0 Å². The molecular weight excluding hydrogens is 347 g/mol. The highest BCUT2D eigenvalue weighted by atomic mass is 79.9. The Morgan fingerprint density at radius 1 is 1.16 bits per heavy atom. The lowest BCUT2D eigenvalue weighted by Gasteiger charge is -2.11. The third-order valence-electron chi connectivity index (χ3n) is 2.60. The highest BCUT2D eigenvalue weighted by molar-refractivity contribution is 9.10. The third-order valence-corrected chi connectivity index (χ3v) is 3.65. The predicted octanol–water partition coefficient (Wildman–Crippen LogP) is 5.24. The Morgan fingerprint density at radius 3 is 2.42 bits per heavy atom. The molecule has 5 heteroatoms. The minimum Gasteiger partial charge on any atom is -0.379 e. The highest BCUT2D eigenvalue weighted by Gasteiger charge is 2.08. The maximum absolute atomic E-state index is 9.03. The largest absolute Gasteiger partial charge is 0.379 e. The normalized spacial score (nSPS) is 10.0. The summed E-state index contributed by atoms with van der Waals surface area (Å²) in [7, 11) is 0. The zero-order valence-electron chi connectivity index (χ0n) is 9.75. The summed E-state index contributed by atoms with van der Waals surface area (Å²) in [6.45, 7) is 0.491. The second kappa shape index (κ2) is 6.29. The van der Waals surface area contributed by atoms with Gasteiger partial charge in [0.05, 0.1) is 27.4 Å². The van der Waals surface area contributed by atoms with Gasteiger partial charge < -0.3 is 5.32 Å². The molecule has 0 spiro atoms. The van der Waals surface area contributed by atoms with Gasteiger partial charge in [-0.2, -0.15) is 5.26 Å². The fourth-order valence-electron chi connectivity index (χ4n) is 1.68. The van der Waals surface area contributed by atoms with Gasteiger partial charge in [0.2, 0.25) is 0 Å². The lowest BCUT2D eigenvalue weighted by Crippen LogP contribution is -2.02. The van der Waals surface area contributed by atoms with Gasteiger partial charge in [-0.15, -0.1) is 0 Å². The van der Waals surface area contributed by atoms with E-state index >= 15 is 0 Å². The SMILES string of the molecule is N#Cc1ccccc1CNc1c(Cl)cc(Br)cc1Cl. The molecule has 0 radical (unpaired) electrons. The van der Waals surface area contributed by atoms with Crippen molar-refractivity contribution < 1.29 is 0 Å². The van der Waals surface area contributed by atoms with Crippen molar-refractivity contribution in [1.82, 2.24) is 0 Å². The summed E-state index contributed by atoms with van der Waals surface area (Å²) in [5, 5.41) is 13.3. The average Bonchev–Trinajstić information content (AvgIpc) is 2.38. The summed E-state index contributed by atoms with van der Waals surface area (Å²) in [6.07, 6.45) is 0. The number of benzene rings is 2. The molecule has 0 saturated heterocycles. The van der Waals surface area contributed by atoms with E-state index in [2.05, 4.69) is 27.3 Å². The molecule has 1 N–H and O–H groups in total. The second-order valence-electron chi connectivity index (χ2n) is 3.87. The first-order valence-corrected chi connectivity index (χ1v) is 7.03. The Hall–Kier alpha value is -1.21. The summed E-state index contributed by atoms with van der Waals surface area (Å²) in [4.78, 5) is 0. The van der Waals surface area contributed by atoms with Crippen LogP contribution in [0.5, 0.6) is 0 Å². The van der Waals surface area contributed by atoms with E-state index < -0.39 is 0 Å². The maximum Gasteiger partial charge on any atom is 0.0995 e. The Bertz CT molecular complexity index is 627. The molecule has 0 amide bonds. The van der Waals surface area contributed by atoms with Gasteiger partial charge in [-0.25, -0.2) is 0 Å². The Balaban J connectivity index is 2.22. The minimum atomic E-state index is 0.491. The van der Waals surface area contributed by atoms with Crippen molar-refractivity contribution in [1.29, 1.82) is 5.26 Å². The number of halogens is 3. The second-order valence-corrected chi connectivity index (χ2v) is 5.60. The van der Waals surface area contributed by atoms with Crippen LogP contribution in [0.15, 0.2) is 40.9 Å². The van der Waals surface area contributed by atoms with Crippen molar-refractivity contribution in [2.24, 2.45) is 0 Å². The first-order valence-electron chi connectivity index (χ1n) is 5.48. The zero-order valence-corrected chi connectivity index (χ0v) is 12.9. The monoisotopic (exact) mass is 354 g/mol. The topological polar surface area (TPSA) is 35.8 Å². The van der Waals surface area contributed by atoms with Crippen molar-refractivity contribution in [2.75, 3.05) is 5.32 Å². The van der Waals surface area contributed by atoms with E-state index in [0.717, 1.165) is 10.0 Å². The summed E-state index contributed by atoms with van der Waals surface area (Å²) in [6, 6.07) is 13.1. The molecule has 0 saturated carbocycles. The van der Waals surface area contributed by atoms with Crippen LogP contribution in [0.4, 0.5) is 5.69 Å². The van der Waals surface area contributed by atoms with Crippen molar-refractivity contribution in [3.05, 3.63) is 62.0 Å². The van der Waals surface area contributed by atoms with Crippen LogP contribution in [0.1, 0.15) is 11.1 Å². The first kappa shape index (κ1) is 14.2. The number of anilines is 1. The standard InChI is InChI=1S/C14H9BrCl2N2/c15-11-5-12(16)14(13(17)6-11)19-8-10-4-2-1-3-9(10)7-18/h1-6,19H,8H2. The number of nitrogens with zero attached hydrogens (tertiary/aromatic N) is 1. The van der Waals surface area contributed by atoms with E-state index in [1.165, 1.54) is 0 Å². The third kappa shape index (κ3) is 3.42. The minimum absolute atomic E-state index is 0.491. The number of nitriles is 1. The Kier molecular flexibility index (Phi) is 4.71. The van der Waals surface area contributed by atoms with Crippen molar-refractivity contribution in [2.45, 2.75) is 6.54 Å². The van der Waals surface area contributed by atoms with Gasteiger partial charge in [-0.3, -0.25) is 0 Å². The molecule has 2 aromatic carbocycles. The van der Waals surface area contributed by atoms with Gasteiger partial charge in [0.25, 0.3) is 0 Å². The molecule has 19 heavy (non-hydrogen) atoms. The molecule has 0 fully saturated rings. The number of nitrogens with one attached hydrogen (secondary N) is 1. The van der Waals surface area contributed by atoms with E-state index in [-0.39, 0.29) is 0 Å². The van der Waals surface area contributed by atoms with Crippen LogP contribution >= 0.6 is 39.1 Å². The van der Waals surface area contributed by atoms with Crippen LogP contribution in [-0.2, 0) is 6.54 Å². The Labute approximate surface area is 130 Å². The van der Waals surface area contributed by atoms with Crippen LogP contribution < -0.4 is 5.32 Å². The highest BCUT2D eigenvalue weighted by Crippen LogP contribution is 2.34. The molecule has 0 bridgehead atoms. The van der Waals surface area contributed by atoms with Crippen molar-refractivity contribution >= 4 is 44.8 Å². The van der Waals surface area contributed by atoms with Gasteiger partial charge in [-0.05, 0) is 23.8 Å². The quantitative estimate of drug-likeness (QED) is 0.817. The molecule has 2 aromatic rings. The summed E-state index contributed by atoms with van der Waals surface area (Å²) in [5.41, 5.74) is 2.21. The van der Waals surface area contributed by atoms with E-state index in [0.29, 0.717) is 27.8 Å². The molecule has 0 atom stereocenters. The van der Waals surface area contributed by atoms with Gasteiger partial charge in [0.1, 0.15) is 0 Å². The fourth-order valence-corrected chi connectivity index (χ4v) is 3.02. The van der Waals surface area contributed by atoms with Crippen LogP contribution in [0.2, 0.25) is 10.0 Å². The van der Waals surface area contributed by atoms with E-state index in [1.54, 1.807) is 18.2 Å². The maximum atomic E-state index is 9.03. The van der Waals surface area contributed by atoms with Gasteiger partial charge in [0.15, 0.2) is 0 Å². The fraction of sp³-hybridized carbons (Fsp3) is 0.0714. The smallest absolute Gasteiger partial charge is 0.0995 e.